The minimum atomic E-state index is -3.39. The molecule has 0 aromatic heterocycles. The second-order valence-corrected chi connectivity index (χ2v) is 9.03. The number of hydrogen-bond donors (Lipinski definition) is 1. The fraction of sp³-hybridized carbons (Fsp3) is 0.400. The first-order valence-corrected chi connectivity index (χ1v) is 10.0. The van der Waals surface area contributed by atoms with Crippen LogP contribution < -0.4 is 5.32 Å². The Morgan fingerprint density at radius 3 is 1.88 bits per heavy atom. The van der Waals surface area contributed by atoms with Gasteiger partial charge in [-0.15, -0.1) is 0 Å². The van der Waals surface area contributed by atoms with Crippen LogP contribution in [0.4, 0.5) is 0 Å². The molecule has 0 fully saturated rings. The van der Waals surface area contributed by atoms with Crippen LogP contribution in [0.2, 0.25) is 0 Å². The zero-order valence-corrected chi connectivity index (χ0v) is 16.4. The smallest absolute Gasteiger partial charge is 0.242 e. The highest BCUT2D eigenvalue weighted by Crippen LogP contribution is 2.26. The van der Waals surface area contributed by atoms with E-state index in [4.69, 9.17) is 0 Å². The maximum Gasteiger partial charge on any atom is 0.242 e. The molecule has 0 heterocycles. The zero-order valence-electron chi connectivity index (χ0n) is 15.6. The topological polar surface area (TPSA) is 49.4 Å². The van der Waals surface area contributed by atoms with Gasteiger partial charge in [-0.1, -0.05) is 56.3 Å². The number of sulfonamides is 1. The van der Waals surface area contributed by atoms with Crippen LogP contribution >= 0.6 is 0 Å². The van der Waals surface area contributed by atoms with Crippen LogP contribution in [0.5, 0.6) is 0 Å². The first-order chi connectivity index (χ1) is 11.7. The Morgan fingerprint density at radius 1 is 0.840 bits per heavy atom. The van der Waals surface area contributed by atoms with Gasteiger partial charge < -0.3 is 5.32 Å². The quantitative estimate of drug-likeness (QED) is 0.812. The van der Waals surface area contributed by atoms with Crippen molar-refractivity contribution < 1.29 is 8.42 Å². The second-order valence-electron chi connectivity index (χ2n) is 6.88. The Kier molecular flexibility index (Phi) is 6.38. The molecule has 0 spiro atoms. The average Bonchev–Trinajstić information content (AvgIpc) is 2.59. The molecule has 0 unspecified atom stereocenters. The molecule has 5 heteroatoms. The Morgan fingerprint density at radius 2 is 1.40 bits per heavy atom. The van der Waals surface area contributed by atoms with Crippen LogP contribution in [0.1, 0.15) is 44.0 Å². The predicted molar refractivity (Wildman–Crippen MR) is 103 cm³/mol. The van der Waals surface area contributed by atoms with Crippen LogP contribution in [-0.2, 0) is 10.0 Å². The molecule has 4 nitrogen and oxygen atoms in total. The highest BCUT2D eigenvalue weighted by molar-refractivity contribution is 7.89. The van der Waals surface area contributed by atoms with E-state index in [0.29, 0.717) is 10.8 Å². The molecule has 0 aliphatic carbocycles. The van der Waals surface area contributed by atoms with E-state index < -0.39 is 10.0 Å². The SMILES string of the molecule is CC(C)[C@H](N[C@@H](C)c1ccc(S(=O)(=O)N(C)C)cc1)c1ccccc1. The Labute approximate surface area is 151 Å². The van der Waals surface area contributed by atoms with Crippen LogP contribution in [0, 0.1) is 5.92 Å². The molecule has 136 valence electrons. The van der Waals surface area contributed by atoms with Crippen molar-refractivity contribution in [1.29, 1.82) is 0 Å². The largest absolute Gasteiger partial charge is 0.303 e. The molecule has 25 heavy (non-hydrogen) atoms. The number of hydrogen-bond acceptors (Lipinski definition) is 3. The van der Waals surface area contributed by atoms with Gasteiger partial charge in [0.15, 0.2) is 0 Å². The summed E-state index contributed by atoms with van der Waals surface area (Å²) in [4.78, 5) is 0.317. The molecule has 0 saturated carbocycles. The average molecular weight is 361 g/mol. The predicted octanol–water partition coefficient (Wildman–Crippen LogP) is 3.98. The molecule has 0 aliphatic heterocycles. The van der Waals surface area contributed by atoms with E-state index in [1.165, 1.54) is 9.87 Å². The summed E-state index contributed by atoms with van der Waals surface area (Å²) in [6, 6.07) is 17.9. The van der Waals surface area contributed by atoms with Crippen molar-refractivity contribution in [1.82, 2.24) is 9.62 Å². The summed E-state index contributed by atoms with van der Waals surface area (Å²) >= 11 is 0. The second kappa shape index (κ2) is 8.13. The maximum absolute atomic E-state index is 12.2. The molecule has 2 aromatic carbocycles. The Bertz CT molecular complexity index is 769. The van der Waals surface area contributed by atoms with Gasteiger partial charge in [0.1, 0.15) is 0 Å². The molecule has 2 aromatic rings. The van der Waals surface area contributed by atoms with Gasteiger partial charge in [0.25, 0.3) is 0 Å². The van der Waals surface area contributed by atoms with E-state index in [2.05, 4.69) is 50.4 Å². The van der Waals surface area contributed by atoms with Crippen LogP contribution in [-0.4, -0.2) is 26.8 Å². The van der Waals surface area contributed by atoms with Gasteiger partial charge in [-0.25, -0.2) is 12.7 Å². The highest BCUT2D eigenvalue weighted by atomic mass is 32.2. The van der Waals surface area contributed by atoms with E-state index in [-0.39, 0.29) is 12.1 Å². The lowest BCUT2D eigenvalue weighted by atomic mass is 9.94. The number of rotatable bonds is 7. The normalized spacial score (nSPS) is 14.7. The molecule has 0 bridgehead atoms. The third kappa shape index (κ3) is 4.69. The van der Waals surface area contributed by atoms with Crippen LogP contribution in [0.25, 0.3) is 0 Å². The lowest BCUT2D eigenvalue weighted by Crippen LogP contribution is -2.28. The van der Waals surface area contributed by atoms with E-state index in [1.54, 1.807) is 26.2 Å². The summed E-state index contributed by atoms with van der Waals surface area (Å²) in [5.74, 6) is 0.443. The molecule has 2 rings (SSSR count). The minimum Gasteiger partial charge on any atom is -0.303 e. The summed E-state index contributed by atoms with van der Waals surface area (Å²) in [7, 11) is -0.302. The van der Waals surface area contributed by atoms with Crippen molar-refractivity contribution in [3.05, 3.63) is 65.7 Å². The van der Waals surface area contributed by atoms with Gasteiger partial charge in [-0.05, 0) is 36.1 Å². The molecule has 0 aliphatic rings. The Hall–Kier alpha value is -1.69. The minimum absolute atomic E-state index is 0.115. The Balaban J connectivity index is 2.18. The van der Waals surface area contributed by atoms with Gasteiger partial charge in [0, 0.05) is 26.2 Å². The first kappa shape index (κ1) is 19.6. The number of nitrogens with zero attached hydrogens (tertiary/aromatic N) is 1. The molecule has 0 radical (unpaired) electrons. The fourth-order valence-electron chi connectivity index (χ4n) is 2.84. The van der Waals surface area contributed by atoms with Gasteiger partial charge in [-0.2, -0.15) is 0 Å². The van der Waals surface area contributed by atoms with E-state index in [9.17, 15) is 8.42 Å². The standard InChI is InChI=1S/C20H28N2O2S/c1-15(2)20(18-9-7-6-8-10-18)21-16(3)17-11-13-19(14-12-17)25(23,24)22(4)5/h6-16,20-21H,1-5H3/t16-,20-/m0/s1. The molecule has 0 amide bonds. The molecular weight excluding hydrogens is 332 g/mol. The summed E-state index contributed by atoms with van der Waals surface area (Å²) < 4.78 is 25.6. The summed E-state index contributed by atoms with van der Waals surface area (Å²) in [6.07, 6.45) is 0. The first-order valence-electron chi connectivity index (χ1n) is 8.57. The van der Waals surface area contributed by atoms with Gasteiger partial charge in [-0.3, -0.25) is 0 Å². The van der Waals surface area contributed by atoms with Crippen molar-refractivity contribution in [2.24, 2.45) is 5.92 Å². The van der Waals surface area contributed by atoms with Crippen LogP contribution in [0.3, 0.4) is 0 Å². The van der Waals surface area contributed by atoms with Crippen molar-refractivity contribution in [3.8, 4) is 0 Å². The molecule has 1 N–H and O–H groups in total. The monoisotopic (exact) mass is 360 g/mol. The lowest BCUT2D eigenvalue weighted by molar-refractivity contribution is 0.374. The molecular formula is C20H28N2O2S. The van der Waals surface area contributed by atoms with Gasteiger partial charge in [0.05, 0.1) is 4.90 Å². The number of nitrogens with one attached hydrogen (secondary N) is 1. The maximum atomic E-state index is 12.2. The lowest BCUT2D eigenvalue weighted by Gasteiger charge is -2.27. The highest BCUT2D eigenvalue weighted by Gasteiger charge is 2.20. The fourth-order valence-corrected chi connectivity index (χ4v) is 3.74. The van der Waals surface area contributed by atoms with Crippen molar-refractivity contribution in [3.63, 3.8) is 0 Å². The molecule has 0 saturated heterocycles. The van der Waals surface area contributed by atoms with Crippen LogP contribution in [0.15, 0.2) is 59.5 Å². The van der Waals surface area contributed by atoms with Gasteiger partial charge >= 0.3 is 0 Å². The van der Waals surface area contributed by atoms with E-state index in [1.807, 2.05) is 18.2 Å². The zero-order chi connectivity index (χ0) is 18.6. The van der Waals surface area contributed by atoms with E-state index >= 15 is 0 Å². The summed E-state index contributed by atoms with van der Waals surface area (Å²) in [6.45, 7) is 6.50. The third-order valence-electron chi connectivity index (χ3n) is 4.41. The molecule has 2 atom stereocenters. The van der Waals surface area contributed by atoms with Crippen molar-refractivity contribution >= 4 is 10.0 Å². The van der Waals surface area contributed by atoms with Crippen molar-refractivity contribution in [2.75, 3.05) is 14.1 Å². The van der Waals surface area contributed by atoms with Crippen molar-refractivity contribution in [2.45, 2.75) is 37.8 Å². The van der Waals surface area contributed by atoms with E-state index in [0.717, 1.165) is 5.56 Å². The summed E-state index contributed by atoms with van der Waals surface area (Å²) in [5.41, 5.74) is 2.33. The van der Waals surface area contributed by atoms with Gasteiger partial charge in [0.2, 0.25) is 10.0 Å². The number of benzene rings is 2. The summed E-state index contributed by atoms with van der Waals surface area (Å²) in [5, 5.41) is 3.67. The third-order valence-corrected chi connectivity index (χ3v) is 6.24.